The van der Waals surface area contributed by atoms with Gasteiger partial charge in [0.05, 0.1) is 11.8 Å². The number of amides is 2. The predicted octanol–water partition coefficient (Wildman–Crippen LogP) is 8.18. The third kappa shape index (κ3) is 8.96. The molecule has 0 atom stereocenters. The molecule has 0 aliphatic carbocycles. The van der Waals surface area contributed by atoms with Crippen LogP contribution in [0, 0.1) is 0 Å². The Morgan fingerprint density at radius 3 is 1.76 bits per heavy atom. The number of rotatable bonds is 8. The van der Waals surface area contributed by atoms with E-state index in [9.17, 15) is 14.4 Å². The monoisotopic (exact) mass is 702 g/mol. The molecule has 0 aliphatic rings. The molecule has 0 bridgehead atoms. The minimum absolute atomic E-state index is 0.0769. The average molecular weight is 703 g/mol. The van der Waals surface area contributed by atoms with Gasteiger partial charge in [0.2, 0.25) is 5.13 Å². The van der Waals surface area contributed by atoms with Crippen molar-refractivity contribution in [1.82, 2.24) is 4.98 Å². The zero-order valence-electron chi connectivity index (χ0n) is 30.0. The Kier molecular flexibility index (Phi) is 11.1. The van der Waals surface area contributed by atoms with Gasteiger partial charge in [0.1, 0.15) is 22.5 Å². The molecule has 1 heterocycles. The van der Waals surface area contributed by atoms with Gasteiger partial charge in [-0.15, -0.1) is 0 Å². The first-order chi connectivity index (χ1) is 22.8. The average Bonchev–Trinajstić information content (AvgIpc) is 3.41. The van der Waals surface area contributed by atoms with Crippen LogP contribution < -0.4 is 19.7 Å². The van der Waals surface area contributed by atoms with Crippen LogP contribution in [0.25, 0.3) is 10.2 Å². The van der Waals surface area contributed by atoms with Crippen LogP contribution in [0.2, 0.25) is 5.04 Å². The van der Waals surface area contributed by atoms with Gasteiger partial charge >= 0.3 is 26.5 Å². The highest BCUT2D eigenvalue weighted by atomic mass is 32.1. The van der Waals surface area contributed by atoms with Crippen molar-refractivity contribution in [3.63, 3.8) is 0 Å². The van der Waals surface area contributed by atoms with Crippen molar-refractivity contribution in [2.75, 3.05) is 12.0 Å². The summed E-state index contributed by atoms with van der Waals surface area (Å²) >= 11 is 1.14. The van der Waals surface area contributed by atoms with E-state index in [1.54, 1.807) is 47.6 Å². The zero-order chi connectivity index (χ0) is 36.2. The minimum atomic E-state index is -3.13. The van der Waals surface area contributed by atoms with Gasteiger partial charge in [0.15, 0.2) is 0 Å². The number of hydrogen-bond donors (Lipinski definition) is 0. The number of thiazole rings is 1. The molecule has 0 fully saturated rings. The highest BCUT2D eigenvalue weighted by Gasteiger charge is 2.52. The molecule has 4 rings (SSSR count). The first kappa shape index (κ1) is 37.3. The molecule has 0 radical (unpaired) electrons. The number of carbonyl (C=O) groups is 3. The normalized spacial score (nSPS) is 12.5. The maximum absolute atomic E-state index is 13.6. The fourth-order valence-electron chi connectivity index (χ4n) is 5.35. The van der Waals surface area contributed by atoms with Crippen LogP contribution >= 0.6 is 11.3 Å². The largest absolute Gasteiger partial charge is 0.532 e. The number of fused-ring (bicyclic) bond motifs is 1. The summed E-state index contributed by atoms with van der Waals surface area (Å²) in [6.07, 6.45) is 1.66. The lowest BCUT2D eigenvalue weighted by Crippen LogP contribution is -2.68. The molecule has 0 saturated heterocycles. The number of imide groups is 1. The van der Waals surface area contributed by atoms with E-state index in [-0.39, 0.29) is 10.2 Å². The Balaban J connectivity index is 2.00. The van der Waals surface area contributed by atoms with Crippen LogP contribution in [-0.2, 0) is 25.4 Å². The molecule has 0 saturated carbocycles. The third-order valence-electron chi connectivity index (χ3n) is 7.34. The van der Waals surface area contributed by atoms with E-state index in [1.807, 2.05) is 48.5 Å². The van der Waals surface area contributed by atoms with Crippen molar-refractivity contribution in [3.8, 4) is 5.75 Å². The number of carbonyl (C=O) groups excluding carboxylic acids is 3. The summed E-state index contributed by atoms with van der Waals surface area (Å²) in [5, 5.41) is 1.85. The molecular weight excluding hydrogens is 657 g/mol. The van der Waals surface area contributed by atoms with E-state index in [0.29, 0.717) is 22.4 Å². The van der Waals surface area contributed by atoms with E-state index in [2.05, 4.69) is 45.0 Å². The van der Waals surface area contributed by atoms with Gasteiger partial charge < -0.3 is 18.6 Å². The second kappa shape index (κ2) is 14.6. The highest BCUT2D eigenvalue weighted by molar-refractivity contribution is 7.22. The van der Waals surface area contributed by atoms with Crippen molar-refractivity contribution in [1.29, 1.82) is 0 Å². The van der Waals surface area contributed by atoms with Crippen molar-refractivity contribution < 1.29 is 33.0 Å². The van der Waals surface area contributed by atoms with Crippen LogP contribution in [0.4, 0.5) is 14.7 Å². The number of anilines is 1. The summed E-state index contributed by atoms with van der Waals surface area (Å²) in [7, 11) is -1.81. The van der Waals surface area contributed by atoms with Gasteiger partial charge in [0.25, 0.3) is 0 Å². The van der Waals surface area contributed by atoms with Gasteiger partial charge in [-0.05, 0) is 81.1 Å². The first-order valence-electron chi connectivity index (χ1n) is 16.1. The number of hydrogen-bond acceptors (Lipinski definition) is 9. The predicted molar refractivity (Wildman–Crippen MR) is 198 cm³/mol. The Morgan fingerprint density at radius 2 is 1.31 bits per heavy atom. The molecule has 9 nitrogen and oxygen atoms in total. The van der Waals surface area contributed by atoms with Gasteiger partial charge in [-0.25, -0.2) is 19.4 Å². The number of nitrogens with zero attached hydrogens (tertiary/aromatic N) is 2. The fraction of sp³-hybridized carbons (Fsp3) is 0.368. The standard InChI is InChI=1S/C38H46N2O7SSi/c1-36(2,3)45-34(42)40(35(43)46-37(4,5)6)33-39-32-29(24-26(25-30(32)48-33)18-17-23-31(41)44-10)47-49(38(7,8)9,27-19-13-11-14-20-27)28-21-15-12-16-22-28/h11-17,19-25H,18H2,1-10H3/b23-17+. The van der Waals surface area contributed by atoms with E-state index in [0.717, 1.165) is 32.2 Å². The van der Waals surface area contributed by atoms with E-state index in [4.69, 9.17) is 23.6 Å². The SMILES string of the molecule is COC(=O)/C=C/Cc1cc(O[Si](c2ccccc2)(c2ccccc2)C(C)(C)C)c2nc(N(C(=O)OC(C)(C)C)C(=O)OC(C)(C)C)sc2c1. The van der Waals surface area contributed by atoms with Crippen LogP contribution in [-0.4, -0.2) is 49.8 Å². The third-order valence-corrected chi connectivity index (χ3v) is 13.3. The molecule has 1 aromatic heterocycles. The molecule has 260 valence electrons. The van der Waals surface area contributed by atoms with Crippen molar-refractivity contribution in [2.45, 2.75) is 85.0 Å². The van der Waals surface area contributed by atoms with Gasteiger partial charge in [-0.3, -0.25) is 0 Å². The topological polar surface area (TPSA) is 104 Å². The summed E-state index contributed by atoms with van der Waals surface area (Å²) in [5.74, 6) is 0.0272. The summed E-state index contributed by atoms with van der Waals surface area (Å²) in [4.78, 5) is 44.7. The smallest absolute Gasteiger partial charge is 0.426 e. The van der Waals surface area contributed by atoms with Crippen LogP contribution in [0.15, 0.2) is 84.9 Å². The number of aromatic nitrogens is 1. The first-order valence-corrected chi connectivity index (χ1v) is 18.8. The molecule has 0 N–H and O–H groups in total. The minimum Gasteiger partial charge on any atom is -0.532 e. The summed E-state index contributed by atoms with van der Waals surface area (Å²) in [6.45, 7) is 16.9. The van der Waals surface area contributed by atoms with Crippen LogP contribution in [0.1, 0.15) is 67.9 Å². The number of allylic oxidation sites excluding steroid dienone is 1. The maximum Gasteiger partial charge on any atom is 0.426 e. The number of esters is 1. The molecule has 2 amide bonds. The lowest BCUT2D eigenvalue weighted by Gasteiger charge is -2.43. The lowest BCUT2D eigenvalue weighted by molar-refractivity contribution is -0.134. The van der Waals surface area contributed by atoms with E-state index in [1.165, 1.54) is 13.2 Å². The molecular formula is C38H46N2O7SSi. The fourth-order valence-corrected chi connectivity index (χ4v) is 10.8. The van der Waals surface area contributed by atoms with Crippen LogP contribution in [0.3, 0.4) is 0 Å². The van der Waals surface area contributed by atoms with Crippen molar-refractivity contribution >= 4 is 63.5 Å². The molecule has 3 aromatic carbocycles. The molecule has 0 spiro atoms. The van der Waals surface area contributed by atoms with E-state index >= 15 is 0 Å². The van der Waals surface area contributed by atoms with Crippen molar-refractivity contribution in [3.05, 3.63) is 90.5 Å². The number of methoxy groups -OCH3 is 1. The Bertz CT molecular complexity index is 1750. The highest BCUT2D eigenvalue weighted by Crippen LogP contribution is 2.42. The maximum atomic E-state index is 13.6. The molecule has 0 unspecified atom stereocenters. The summed E-state index contributed by atoms with van der Waals surface area (Å²) in [6, 6.07) is 24.3. The number of ether oxygens (including phenoxy) is 3. The second-order valence-corrected chi connectivity index (χ2v) is 19.9. The Morgan fingerprint density at radius 1 is 0.796 bits per heavy atom. The van der Waals surface area contributed by atoms with Gasteiger partial charge in [0, 0.05) is 6.08 Å². The van der Waals surface area contributed by atoms with Crippen molar-refractivity contribution in [2.24, 2.45) is 0 Å². The molecule has 11 heteroatoms. The molecule has 0 aliphatic heterocycles. The second-order valence-electron chi connectivity index (χ2n) is 14.6. The van der Waals surface area contributed by atoms with E-state index < -0.39 is 37.7 Å². The Hall–Kier alpha value is -4.48. The number of benzene rings is 3. The lowest BCUT2D eigenvalue weighted by atomic mass is 10.1. The Labute approximate surface area is 294 Å². The van der Waals surface area contributed by atoms with Crippen LogP contribution in [0.5, 0.6) is 5.75 Å². The molecule has 4 aromatic rings. The van der Waals surface area contributed by atoms with Gasteiger partial charge in [-0.2, -0.15) is 4.90 Å². The summed E-state index contributed by atoms with van der Waals surface area (Å²) in [5.41, 5.74) is -0.460. The molecule has 49 heavy (non-hydrogen) atoms. The summed E-state index contributed by atoms with van der Waals surface area (Å²) < 4.78 is 24.2. The van der Waals surface area contributed by atoms with Gasteiger partial charge in [-0.1, -0.05) is 98.8 Å². The quantitative estimate of drug-likeness (QED) is 0.0784. The zero-order valence-corrected chi connectivity index (χ0v) is 31.8.